The molecule has 0 atom stereocenters. The number of aromatic nitrogens is 6. The van der Waals surface area contributed by atoms with Crippen LogP contribution in [0.4, 0.5) is 5.69 Å². The Bertz CT molecular complexity index is 1250. The lowest BCUT2D eigenvalue weighted by atomic mass is 10.1. The molecule has 0 bridgehead atoms. The van der Waals surface area contributed by atoms with Crippen molar-refractivity contribution in [2.75, 3.05) is 11.1 Å². The third-order valence-corrected chi connectivity index (χ3v) is 6.18. The second-order valence-electron chi connectivity index (χ2n) is 7.74. The first kappa shape index (κ1) is 21.8. The van der Waals surface area contributed by atoms with Gasteiger partial charge in [0.15, 0.2) is 0 Å². The van der Waals surface area contributed by atoms with Crippen LogP contribution in [0.15, 0.2) is 47.6 Å². The number of hydrogen-bond donors (Lipinski definition) is 1. The number of nitrogens with zero attached hydrogens (tertiary/aromatic N) is 6. The third-order valence-electron chi connectivity index (χ3n) is 5.26. The Labute approximate surface area is 191 Å². The summed E-state index contributed by atoms with van der Waals surface area (Å²) in [7, 11) is 0. The van der Waals surface area contributed by atoms with E-state index in [0.29, 0.717) is 5.16 Å². The number of tetrazole rings is 1. The lowest BCUT2D eigenvalue weighted by Gasteiger charge is -2.10. The molecular formula is C23H25N7OS. The molecular weight excluding hydrogens is 422 g/mol. The van der Waals surface area contributed by atoms with E-state index in [9.17, 15) is 4.79 Å². The van der Waals surface area contributed by atoms with Gasteiger partial charge in [-0.15, -0.1) is 5.10 Å². The lowest BCUT2D eigenvalue weighted by molar-refractivity contribution is -0.113. The molecule has 0 aliphatic heterocycles. The molecule has 4 rings (SSSR count). The zero-order chi connectivity index (χ0) is 22.8. The number of aryl methyl sites for hydroxylation is 4. The Balaban J connectivity index is 1.48. The molecule has 0 radical (unpaired) electrons. The van der Waals surface area contributed by atoms with Crippen molar-refractivity contribution in [2.24, 2.45) is 0 Å². The molecule has 32 heavy (non-hydrogen) atoms. The number of nitrogens with one attached hydrogen (secondary N) is 1. The van der Waals surface area contributed by atoms with Gasteiger partial charge in [0.25, 0.3) is 0 Å². The van der Waals surface area contributed by atoms with Crippen molar-refractivity contribution in [3.8, 4) is 11.4 Å². The van der Waals surface area contributed by atoms with E-state index >= 15 is 0 Å². The summed E-state index contributed by atoms with van der Waals surface area (Å²) in [5.74, 6) is 0.0422. The number of carbonyl (C=O) groups excluding carboxylic acids is 1. The fraction of sp³-hybridized carbons (Fsp3) is 0.261. The SMILES string of the molecule is Cc1ccc(-n2nc(C)c(NC(=O)CSc3nnnn3-c3c(C)cccc3C)c2C)cc1. The van der Waals surface area contributed by atoms with Gasteiger partial charge >= 0.3 is 0 Å². The van der Waals surface area contributed by atoms with Crippen LogP contribution >= 0.6 is 11.8 Å². The number of anilines is 1. The molecule has 0 unspecified atom stereocenters. The standard InChI is InChI=1S/C23H25N7OS/c1-14-9-11-19(12-10-14)29-18(5)21(17(4)26-29)24-20(31)13-32-23-25-27-28-30(23)22-15(2)7-6-8-16(22)3/h6-12H,13H2,1-5H3,(H,24,31). The van der Waals surface area contributed by atoms with Gasteiger partial charge in [0.2, 0.25) is 11.1 Å². The summed E-state index contributed by atoms with van der Waals surface area (Å²) in [6, 6.07) is 14.2. The largest absolute Gasteiger partial charge is 0.322 e. The zero-order valence-electron chi connectivity index (χ0n) is 18.7. The quantitative estimate of drug-likeness (QED) is 0.447. The van der Waals surface area contributed by atoms with Gasteiger partial charge in [-0.1, -0.05) is 47.7 Å². The highest BCUT2D eigenvalue weighted by Gasteiger charge is 2.18. The van der Waals surface area contributed by atoms with Crippen molar-refractivity contribution in [1.29, 1.82) is 0 Å². The van der Waals surface area contributed by atoms with Gasteiger partial charge in [-0.2, -0.15) is 9.78 Å². The average Bonchev–Trinajstić information content (AvgIpc) is 3.32. The minimum Gasteiger partial charge on any atom is -0.322 e. The Morgan fingerprint density at radius 1 is 0.969 bits per heavy atom. The van der Waals surface area contributed by atoms with Gasteiger partial charge in [-0.3, -0.25) is 4.79 Å². The molecule has 8 nitrogen and oxygen atoms in total. The highest BCUT2D eigenvalue weighted by Crippen LogP contribution is 2.25. The zero-order valence-corrected chi connectivity index (χ0v) is 19.6. The monoisotopic (exact) mass is 447 g/mol. The number of para-hydroxylation sites is 1. The molecule has 0 saturated heterocycles. The predicted octanol–water partition coefficient (Wildman–Crippen LogP) is 4.12. The van der Waals surface area contributed by atoms with E-state index in [1.165, 1.54) is 17.3 Å². The van der Waals surface area contributed by atoms with Crippen molar-refractivity contribution in [3.05, 3.63) is 70.5 Å². The molecule has 2 aromatic heterocycles. The second-order valence-corrected chi connectivity index (χ2v) is 8.69. The van der Waals surface area contributed by atoms with Crippen molar-refractivity contribution < 1.29 is 4.79 Å². The van der Waals surface area contributed by atoms with Crippen LogP contribution in [-0.4, -0.2) is 41.6 Å². The van der Waals surface area contributed by atoms with Crippen molar-refractivity contribution in [2.45, 2.75) is 39.8 Å². The third kappa shape index (κ3) is 4.29. The summed E-state index contributed by atoms with van der Waals surface area (Å²) in [5.41, 5.74) is 7.59. The molecule has 0 saturated carbocycles. The first-order valence-electron chi connectivity index (χ1n) is 10.3. The van der Waals surface area contributed by atoms with Gasteiger partial charge in [0.1, 0.15) is 0 Å². The maximum Gasteiger partial charge on any atom is 0.234 e. The van der Waals surface area contributed by atoms with Crippen LogP contribution in [0.5, 0.6) is 0 Å². The van der Waals surface area contributed by atoms with E-state index in [-0.39, 0.29) is 11.7 Å². The van der Waals surface area contributed by atoms with E-state index in [2.05, 4.69) is 25.9 Å². The van der Waals surface area contributed by atoms with Gasteiger partial charge in [-0.25, -0.2) is 4.68 Å². The van der Waals surface area contributed by atoms with E-state index in [1.807, 2.05) is 81.8 Å². The number of hydrogen-bond acceptors (Lipinski definition) is 6. The molecule has 0 fully saturated rings. The second kappa shape index (κ2) is 8.96. The highest BCUT2D eigenvalue weighted by atomic mass is 32.2. The number of rotatable bonds is 6. The van der Waals surface area contributed by atoms with Gasteiger partial charge in [0.05, 0.1) is 34.2 Å². The van der Waals surface area contributed by atoms with E-state index in [4.69, 9.17) is 0 Å². The van der Waals surface area contributed by atoms with Crippen LogP contribution in [0.1, 0.15) is 28.1 Å². The maximum absolute atomic E-state index is 12.7. The van der Waals surface area contributed by atoms with E-state index in [0.717, 1.165) is 39.6 Å². The number of thioether (sulfide) groups is 1. The van der Waals surface area contributed by atoms with Crippen LogP contribution in [0.3, 0.4) is 0 Å². The lowest BCUT2D eigenvalue weighted by Crippen LogP contribution is -2.16. The van der Waals surface area contributed by atoms with Crippen LogP contribution in [0, 0.1) is 34.6 Å². The summed E-state index contributed by atoms with van der Waals surface area (Å²) in [6.45, 7) is 9.92. The Kier molecular flexibility index (Phi) is 6.09. The first-order valence-corrected chi connectivity index (χ1v) is 11.2. The molecule has 1 N–H and O–H groups in total. The molecule has 1 amide bonds. The summed E-state index contributed by atoms with van der Waals surface area (Å²) >= 11 is 1.30. The van der Waals surface area contributed by atoms with E-state index < -0.39 is 0 Å². The summed E-state index contributed by atoms with van der Waals surface area (Å²) in [6.07, 6.45) is 0. The minimum atomic E-state index is -0.138. The maximum atomic E-state index is 12.7. The van der Waals surface area contributed by atoms with Gasteiger partial charge < -0.3 is 5.32 Å². The molecule has 9 heteroatoms. The Hall–Kier alpha value is -3.46. The average molecular weight is 448 g/mol. The summed E-state index contributed by atoms with van der Waals surface area (Å²) < 4.78 is 3.54. The van der Waals surface area contributed by atoms with Gasteiger partial charge in [-0.05, 0) is 68.3 Å². The van der Waals surface area contributed by atoms with Crippen LogP contribution in [0.2, 0.25) is 0 Å². The molecule has 2 aromatic carbocycles. The van der Waals surface area contributed by atoms with Gasteiger partial charge in [0, 0.05) is 0 Å². The van der Waals surface area contributed by atoms with Crippen LogP contribution in [-0.2, 0) is 4.79 Å². The number of amides is 1. The van der Waals surface area contributed by atoms with E-state index in [1.54, 1.807) is 4.68 Å². The van der Waals surface area contributed by atoms with Crippen molar-refractivity contribution in [3.63, 3.8) is 0 Å². The number of carbonyl (C=O) groups is 1. The smallest absolute Gasteiger partial charge is 0.234 e. The summed E-state index contributed by atoms with van der Waals surface area (Å²) in [5, 5.41) is 20.2. The normalized spacial score (nSPS) is 11.0. The minimum absolute atomic E-state index is 0.138. The van der Waals surface area contributed by atoms with Crippen LogP contribution < -0.4 is 5.32 Å². The highest BCUT2D eigenvalue weighted by molar-refractivity contribution is 7.99. The fourth-order valence-electron chi connectivity index (χ4n) is 3.62. The topological polar surface area (TPSA) is 90.5 Å². The molecule has 164 valence electrons. The Morgan fingerprint density at radius 3 is 2.34 bits per heavy atom. The van der Waals surface area contributed by atoms with Crippen molar-refractivity contribution in [1.82, 2.24) is 30.0 Å². The molecule has 0 aliphatic carbocycles. The number of benzene rings is 2. The summed E-state index contributed by atoms with van der Waals surface area (Å²) in [4.78, 5) is 12.7. The fourth-order valence-corrected chi connectivity index (χ4v) is 4.29. The molecule has 2 heterocycles. The molecule has 0 aliphatic rings. The molecule has 4 aromatic rings. The molecule has 0 spiro atoms. The van der Waals surface area contributed by atoms with Crippen molar-refractivity contribution >= 4 is 23.4 Å². The van der Waals surface area contributed by atoms with Crippen LogP contribution in [0.25, 0.3) is 11.4 Å². The Morgan fingerprint density at radius 2 is 1.66 bits per heavy atom. The first-order chi connectivity index (χ1) is 15.3. The predicted molar refractivity (Wildman–Crippen MR) is 126 cm³/mol.